The standard InChI is InChI=1S/C51H58N12O5S2/c1-30-43(69-29-56-30)33-11-9-31(10-12-33)25-55-45(67)40-22-35(64)28-62(40)47(68)44(49(2,3)4)58-41(65)7-6-8-42(66)59-51-18-15-50(16-19-51,17-20-51)48-61-60-46(70-48)36-27-54-38(23-37(36)53-5)39-14-13-34-21-32(24-52)26-57-63(34)39/h9-14,21,23,26-27,29,35,40,44,64H,6-8,15-20,22,25,28H2,1-5H3,(H,53,54)(H,55,67)(H,58,65)(H,59,66)/t35-,40+,44-,50?,51?/m1/s1. The summed E-state index contributed by atoms with van der Waals surface area (Å²) in [4.78, 5) is 66.1. The zero-order chi connectivity index (χ0) is 49.4. The van der Waals surface area contributed by atoms with Crippen LogP contribution in [0.2, 0.25) is 0 Å². The van der Waals surface area contributed by atoms with Crippen molar-refractivity contribution in [3.63, 3.8) is 0 Å². The summed E-state index contributed by atoms with van der Waals surface area (Å²) in [6.07, 6.45) is 8.19. The lowest BCUT2D eigenvalue weighted by atomic mass is 9.57. The molecule has 6 heterocycles. The molecule has 5 aromatic heterocycles. The molecule has 0 spiro atoms. The van der Waals surface area contributed by atoms with E-state index < -0.39 is 29.5 Å². The summed E-state index contributed by atoms with van der Waals surface area (Å²) >= 11 is 3.17. The van der Waals surface area contributed by atoms with Crippen LogP contribution in [0.5, 0.6) is 0 Å². The fourth-order valence-electron chi connectivity index (χ4n) is 10.2. The Morgan fingerprint density at radius 2 is 1.70 bits per heavy atom. The van der Waals surface area contributed by atoms with E-state index in [-0.39, 0.29) is 61.0 Å². The molecule has 3 aliphatic carbocycles. The Labute approximate surface area is 414 Å². The number of nitriles is 1. The first kappa shape index (κ1) is 48.4. The number of nitrogens with one attached hydrogen (secondary N) is 4. The van der Waals surface area contributed by atoms with Crippen LogP contribution in [0, 0.1) is 23.7 Å². The minimum Gasteiger partial charge on any atom is -0.391 e. The maximum absolute atomic E-state index is 14.1. The number of thiazole rings is 1. The quantitative estimate of drug-likeness (QED) is 0.0724. The molecule has 3 atom stereocenters. The molecule has 19 heteroatoms. The number of pyridine rings is 1. The summed E-state index contributed by atoms with van der Waals surface area (Å²) in [7, 11) is 1.86. The number of fused-ring (bicyclic) bond motifs is 4. The Bertz CT molecular complexity index is 2960. The maximum Gasteiger partial charge on any atom is 0.246 e. The van der Waals surface area contributed by atoms with Gasteiger partial charge in [-0.25, -0.2) is 9.50 Å². The third-order valence-electron chi connectivity index (χ3n) is 14.3. The fraction of sp³-hybridized carbons (Fsp3) is 0.451. The Morgan fingerprint density at radius 3 is 2.39 bits per heavy atom. The largest absolute Gasteiger partial charge is 0.391 e. The SMILES string of the molecule is CNc1cc(-c2ccc3cc(C#N)cnn23)ncc1-c1nnc(C23CCC(NC(=O)CCCC(=O)N[C@H](C(=O)N4C[C@H](O)C[C@H]4C(=O)NCc4ccc(-c5scnc5C)cc4)C(C)(C)C)(CC2)CC3)s1. The predicted molar refractivity (Wildman–Crippen MR) is 267 cm³/mol. The number of benzene rings is 1. The summed E-state index contributed by atoms with van der Waals surface area (Å²) in [6, 6.07) is 15.8. The number of rotatable bonds is 15. The number of likely N-dealkylation sites (tertiary alicyclic amines) is 1. The third-order valence-corrected chi connectivity index (χ3v) is 16.5. The van der Waals surface area contributed by atoms with Crippen molar-refractivity contribution in [2.24, 2.45) is 5.41 Å². The van der Waals surface area contributed by atoms with Gasteiger partial charge in [-0.15, -0.1) is 21.5 Å². The van der Waals surface area contributed by atoms with Crippen molar-refractivity contribution in [3.05, 3.63) is 88.3 Å². The van der Waals surface area contributed by atoms with Gasteiger partial charge in [-0.3, -0.25) is 24.2 Å². The summed E-state index contributed by atoms with van der Waals surface area (Å²) in [5.74, 6) is -1.25. The highest BCUT2D eigenvalue weighted by Gasteiger charge is 2.52. The molecule has 5 N–H and O–H groups in total. The van der Waals surface area contributed by atoms with Crippen LogP contribution in [-0.2, 0) is 31.1 Å². The molecule has 2 bridgehead atoms. The van der Waals surface area contributed by atoms with Gasteiger partial charge < -0.3 is 31.3 Å². The zero-order valence-electron chi connectivity index (χ0n) is 40.0. The highest BCUT2D eigenvalue weighted by atomic mass is 32.1. The zero-order valence-corrected chi connectivity index (χ0v) is 41.7. The van der Waals surface area contributed by atoms with Gasteiger partial charge in [0.25, 0.3) is 0 Å². The molecule has 6 aromatic rings. The minimum atomic E-state index is -0.956. The second-order valence-corrected chi connectivity index (χ2v) is 21.9. The van der Waals surface area contributed by atoms with E-state index in [0.717, 1.165) is 98.4 Å². The third kappa shape index (κ3) is 9.90. The number of hydrogen-bond acceptors (Lipinski definition) is 14. The molecular formula is C51H58N12O5S2. The van der Waals surface area contributed by atoms with Crippen molar-refractivity contribution in [1.29, 1.82) is 5.26 Å². The maximum atomic E-state index is 14.1. The number of aromatic nitrogens is 6. The monoisotopic (exact) mass is 982 g/mol. The first-order chi connectivity index (χ1) is 33.6. The molecule has 4 fully saturated rings. The van der Waals surface area contributed by atoms with Gasteiger partial charge in [0, 0.05) is 62.2 Å². The average molecular weight is 983 g/mol. The van der Waals surface area contributed by atoms with Crippen LogP contribution in [-0.4, -0.2) is 101 Å². The van der Waals surface area contributed by atoms with Gasteiger partial charge in [0.1, 0.15) is 23.2 Å². The van der Waals surface area contributed by atoms with E-state index >= 15 is 0 Å². The van der Waals surface area contributed by atoms with Crippen LogP contribution < -0.4 is 21.3 Å². The van der Waals surface area contributed by atoms with Crippen molar-refractivity contribution in [2.45, 2.75) is 128 Å². The van der Waals surface area contributed by atoms with E-state index in [1.807, 2.05) is 88.9 Å². The molecule has 1 aliphatic heterocycles. The van der Waals surface area contributed by atoms with Gasteiger partial charge in [0.15, 0.2) is 5.01 Å². The van der Waals surface area contributed by atoms with E-state index in [1.54, 1.807) is 33.3 Å². The van der Waals surface area contributed by atoms with Gasteiger partial charge in [-0.2, -0.15) is 10.4 Å². The molecule has 4 amide bonds. The van der Waals surface area contributed by atoms with Crippen molar-refractivity contribution in [3.8, 4) is 38.5 Å². The van der Waals surface area contributed by atoms with E-state index in [2.05, 4.69) is 42.5 Å². The molecule has 70 heavy (non-hydrogen) atoms. The summed E-state index contributed by atoms with van der Waals surface area (Å²) < 4.78 is 1.77. The number of carbonyl (C=O) groups is 4. The Hall–Kier alpha value is -6.62. The normalized spacial score (nSPS) is 21.3. The van der Waals surface area contributed by atoms with Crippen molar-refractivity contribution >= 4 is 57.5 Å². The highest BCUT2D eigenvalue weighted by Crippen LogP contribution is 2.55. The number of carbonyl (C=O) groups excluding carboxylic acids is 4. The van der Waals surface area contributed by atoms with E-state index in [1.165, 1.54) is 11.1 Å². The van der Waals surface area contributed by atoms with E-state index in [9.17, 15) is 29.5 Å². The lowest BCUT2D eigenvalue weighted by Gasteiger charge is -2.52. The highest BCUT2D eigenvalue weighted by molar-refractivity contribution is 7.15. The van der Waals surface area contributed by atoms with Gasteiger partial charge in [-0.1, -0.05) is 56.4 Å². The first-order valence-electron chi connectivity index (χ1n) is 23.8. The Morgan fingerprint density at radius 1 is 0.957 bits per heavy atom. The number of aliphatic hydroxyl groups is 1. The van der Waals surface area contributed by atoms with Crippen LogP contribution in [0.25, 0.3) is 37.9 Å². The molecular weight excluding hydrogens is 925 g/mol. The number of nitrogens with zero attached hydrogens (tertiary/aromatic N) is 8. The summed E-state index contributed by atoms with van der Waals surface area (Å²) in [5.41, 5.74) is 8.14. The topological polar surface area (TPSA) is 233 Å². The van der Waals surface area contributed by atoms with Gasteiger partial charge in [0.2, 0.25) is 23.6 Å². The molecule has 0 radical (unpaired) electrons. The van der Waals surface area contributed by atoms with Crippen molar-refractivity contribution < 1.29 is 24.3 Å². The number of aliphatic hydroxyl groups excluding tert-OH is 1. The van der Waals surface area contributed by atoms with Crippen LogP contribution in [0.1, 0.15) is 107 Å². The van der Waals surface area contributed by atoms with Gasteiger partial charge >= 0.3 is 0 Å². The molecule has 10 rings (SSSR count). The Kier molecular flexibility index (Phi) is 13.6. The number of hydrogen-bond donors (Lipinski definition) is 5. The summed E-state index contributed by atoms with van der Waals surface area (Å²) in [6.45, 7) is 7.76. The van der Waals surface area contributed by atoms with Crippen LogP contribution in [0.4, 0.5) is 5.69 Å². The van der Waals surface area contributed by atoms with Crippen LogP contribution in [0.15, 0.2) is 66.4 Å². The molecule has 4 aliphatic rings. The predicted octanol–water partition coefficient (Wildman–Crippen LogP) is 6.70. The number of amides is 4. The van der Waals surface area contributed by atoms with Crippen molar-refractivity contribution in [2.75, 3.05) is 18.9 Å². The average Bonchev–Trinajstić information content (AvgIpc) is 4.19. The molecule has 3 saturated carbocycles. The number of anilines is 1. The summed E-state index contributed by atoms with van der Waals surface area (Å²) in [5, 5.41) is 48.0. The molecule has 0 unspecified atom stereocenters. The second kappa shape index (κ2) is 19.6. The molecule has 17 nitrogen and oxygen atoms in total. The van der Waals surface area contributed by atoms with Gasteiger partial charge in [-0.05, 0) is 92.7 Å². The van der Waals surface area contributed by atoms with Crippen LogP contribution >= 0.6 is 22.7 Å². The van der Waals surface area contributed by atoms with E-state index in [4.69, 9.17) is 10.1 Å². The lowest BCUT2D eigenvalue weighted by molar-refractivity contribution is -0.144. The minimum absolute atomic E-state index is 0.0171. The van der Waals surface area contributed by atoms with Gasteiger partial charge in [0.05, 0.1) is 56.4 Å². The number of β-amino-alcohol motifs (C(OH)–C–C–N with tert-alkyl or cyclic N) is 1. The second-order valence-electron chi connectivity index (χ2n) is 20.1. The smallest absolute Gasteiger partial charge is 0.246 e. The molecule has 1 aromatic carbocycles. The molecule has 1 saturated heterocycles. The fourth-order valence-corrected chi connectivity index (χ4v) is 12.2. The van der Waals surface area contributed by atoms with Crippen molar-refractivity contribution in [1.82, 2.24) is 50.6 Å². The first-order valence-corrected chi connectivity index (χ1v) is 25.5. The lowest BCUT2D eigenvalue weighted by Crippen LogP contribution is -2.58. The molecule has 364 valence electrons. The van der Waals surface area contributed by atoms with E-state index in [0.29, 0.717) is 12.0 Å². The Balaban J connectivity index is 0.750. The number of aryl methyl sites for hydroxylation is 1. The van der Waals surface area contributed by atoms with Crippen LogP contribution in [0.3, 0.4) is 0 Å².